The zero-order valence-electron chi connectivity index (χ0n) is 11.2. The minimum Gasteiger partial charge on any atom is -0.497 e. The van der Waals surface area contributed by atoms with Gasteiger partial charge < -0.3 is 15.2 Å². The molecule has 0 saturated carbocycles. The number of carbonyl (C=O) groups is 1. The second kappa shape index (κ2) is 6.73. The van der Waals surface area contributed by atoms with Gasteiger partial charge in [-0.3, -0.25) is 4.79 Å². The first-order valence-corrected chi connectivity index (χ1v) is 6.35. The van der Waals surface area contributed by atoms with E-state index in [-0.39, 0.29) is 12.5 Å². The Labute approximate surface area is 118 Å². The maximum Gasteiger partial charge on any atom is 0.251 e. The van der Waals surface area contributed by atoms with E-state index in [2.05, 4.69) is 5.32 Å². The smallest absolute Gasteiger partial charge is 0.251 e. The number of aliphatic hydroxyl groups is 1. The van der Waals surface area contributed by atoms with E-state index in [1.807, 2.05) is 30.3 Å². The summed E-state index contributed by atoms with van der Waals surface area (Å²) in [7, 11) is 1.55. The lowest BCUT2D eigenvalue weighted by molar-refractivity contribution is 0.0916. The van der Waals surface area contributed by atoms with Crippen LogP contribution in [0.15, 0.2) is 54.6 Å². The van der Waals surface area contributed by atoms with Crippen molar-refractivity contribution in [2.75, 3.05) is 13.7 Å². The van der Waals surface area contributed by atoms with Crippen LogP contribution in [-0.2, 0) is 0 Å². The number of hydrogen-bond acceptors (Lipinski definition) is 3. The third kappa shape index (κ3) is 3.36. The van der Waals surface area contributed by atoms with Crippen molar-refractivity contribution in [2.45, 2.75) is 6.04 Å². The molecule has 1 atom stereocenters. The summed E-state index contributed by atoms with van der Waals surface area (Å²) in [5.41, 5.74) is 1.37. The molecule has 4 heteroatoms. The van der Waals surface area contributed by atoms with Crippen molar-refractivity contribution in [2.24, 2.45) is 0 Å². The van der Waals surface area contributed by atoms with Crippen molar-refractivity contribution in [3.05, 3.63) is 65.7 Å². The van der Waals surface area contributed by atoms with Gasteiger partial charge in [-0.05, 0) is 23.8 Å². The Bertz CT molecular complexity index is 569. The van der Waals surface area contributed by atoms with E-state index in [9.17, 15) is 9.90 Å². The molecule has 20 heavy (non-hydrogen) atoms. The van der Waals surface area contributed by atoms with Crippen LogP contribution in [0.4, 0.5) is 0 Å². The first-order valence-electron chi connectivity index (χ1n) is 6.35. The van der Waals surface area contributed by atoms with Gasteiger partial charge in [0.25, 0.3) is 5.91 Å². The summed E-state index contributed by atoms with van der Waals surface area (Å²) in [6.07, 6.45) is 0. The van der Waals surface area contributed by atoms with Gasteiger partial charge in [-0.15, -0.1) is 0 Å². The topological polar surface area (TPSA) is 58.6 Å². The lowest BCUT2D eigenvalue weighted by atomic mass is 10.1. The van der Waals surface area contributed by atoms with Gasteiger partial charge >= 0.3 is 0 Å². The molecule has 0 heterocycles. The van der Waals surface area contributed by atoms with E-state index < -0.39 is 6.04 Å². The average molecular weight is 271 g/mol. The van der Waals surface area contributed by atoms with E-state index >= 15 is 0 Å². The van der Waals surface area contributed by atoms with Crippen LogP contribution < -0.4 is 10.1 Å². The maximum atomic E-state index is 12.2. The molecule has 0 radical (unpaired) electrons. The quantitative estimate of drug-likeness (QED) is 0.876. The molecule has 104 valence electrons. The van der Waals surface area contributed by atoms with Crippen molar-refractivity contribution in [3.63, 3.8) is 0 Å². The Morgan fingerprint density at radius 3 is 2.60 bits per heavy atom. The van der Waals surface area contributed by atoms with Crippen LogP contribution in [0.1, 0.15) is 22.0 Å². The summed E-state index contributed by atoms with van der Waals surface area (Å²) in [5, 5.41) is 12.2. The number of ether oxygens (including phenoxy) is 1. The van der Waals surface area contributed by atoms with Crippen molar-refractivity contribution in [1.82, 2.24) is 5.32 Å². The largest absolute Gasteiger partial charge is 0.497 e. The molecule has 1 amide bonds. The summed E-state index contributed by atoms with van der Waals surface area (Å²) in [6, 6.07) is 15.8. The van der Waals surface area contributed by atoms with Gasteiger partial charge in [0.1, 0.15) is 5.75 Å². The number of hydrogen-bond donors (Lipinski definition) is 2. The first kappa shape index (κ1) is 14.1. The fraction of sp³-hybridized carbons (Fsp3) is 0.188. The molecule has 0 aromatic heterocycles. The molecular formula is C16H17NO3. The molecule has 0 bridgehead atoms. The maximum absolute atomic E-state index is 12.2. The molecule has 0 aliphatic carbocycles. The van der Waals surface area contributed by atoms with Crippen molar-refractivity contribution in [3.8, 4) is 5.75 Å². The number of carbonyl (C=O) groups excluding carboxylic acids is 1. The first-order chi connectivity index (χ1) is 9.74. The molecular weight excluding hydrogens is 254 g/mol. The lowest BCUT2D eigenvalue weighted by Gasteiger charge is -2.17. The van der Waals surface area contributed by atoms with Gasteiger partial charge in [-0.1, -0.05) is 36.4 Å². The highest BCUT2D eigenvalue weighted by molar-refractivity contribution is 5.94. The Balaban J connectivity index is 2.13. The Kier molecular flexibility index (Phi) is 4.74. The van der Waals surface area contributed by atoms with Crippen LogP contribution in [0.25, 0.3) is 0 Å². The second-order valence-corrected chi connectivity index (χ2v) is 4.35. The molecule has 0 saturated heterocycles. The predicted molar refractivity (Wildman–Crippen MR) is 76.7 cm³/mol. The number of rotatable bonds is 5. The van der Waals surface area contributed by atoms with Crippen LogP contribution in [0, 0.1) is 0 Å². The third-order valence-corrected chi connectivity index (χ3v) is 3.02. The van der Waals surface area contributed by atoms with Crippen LogP contribution in [0.3, 0.4) is 0 Å². The normalized spacial score (nSPS) is 11.7. The number of methoxy groups -OCH3 is 1. The van der Waals surface area contributed by atoms with Crippen molar-refractivity contribution in [1.29, 1.82) is 0 Å². The highest BCUT2D eigenvalue weighted by Crippen LogP contribution is 2.15. The fourth-order valence-electron chi connectivity index (χ4n) is 1.93. The summed E-state index contributed by atoms with van der Waals surface area (Å²) in [6.45, 7) is -0.153. The standard InChI is InChI=1S/C16H17NO3/c1-20-14-9-5-8-13(10-14)16(19)17-15(11-18)12-6-3-2-4-7-12/h2-10,15,18H,11H2,1H3,(H,17,19)/t15-/m1/s1. The summed E-state index contributed by atoms with van der Waals surface area (Å²) >= 11 is 0. The number of benzene rings is 2. The van der Waals surface area contributed by atoms with Gasteiger partial charge in [0.05, 0.1) is 19.8 Å². The van der Waals surface area contributed by atoms with Crippen LogP contribution in [-0.4, -0.2) is 24.7 Å². The Morgan fingerprint density at radius 2 is 1.95 bits per heavy atom. The molecule has 0 spiro atoms. The molecule has 0 aliphatic heterocycles. The Morgan fingerprint density at radius 1 is 1.20 bits per heavy atom. The summed E-state index contributed by atoms with van der Waals surface area (Å²) < 4.78 is 5.09. The van der Waals surface area contributed by atoms with E-state index in [0.717, 1.165) is 5.56 Å². The predicted octanol–water partition coefficient (Wildman–Crippen LogP) is 2.16. The van der Waals surface area contributed by atoms with E-state index in [0.29, 0.717) is 11.3 Å². The van der Waals surface area contributed by atoms with Crippen LogP contribution >= 0.6 is 0 Å². The van der Waals surface area contributed by atoms with Crippen molar-refractivity contribution >= 4 is 5.91 Å². The highest BCUT2D eigenvalue weighted by atomic mass is 16.5. The second-order valence-electron chi connectivity index (χ2n) is 4.35. The Hall–Kier alpha value is -2.33. The average Bonchev–Trinajstić information content (AvgIpc) is 2.53. The van der Waals surface area contributed by atoms with Gasteiger partial charge in [0, 0.05) is 5.56 Å². The number of nitrogens with one attached hydrogen (secondary N) is 1. The summed E-state index contributed by atoms with van der Waals surface area (Å²) in [5.74, 6) is 0.379. The zero-order chi connectivity index (χ0) is 14.4. The molecule has 0 aliphatic rings. The minimum atomic E-state index is -0.421. The van der Waals surface area contributed by atoms with Gasteiger partial charge in [0.15, 0.2) is 0 Å². The van der Waals surface area contributed by atoms with E-state index in [1.54, 1.807) is 31.4 Å². The third-order valence-electron chi connectivity index (χ3n) is 3.02. The molecule has 0 unspecified atom stereocenters. The molecule has 4 nitrogen and oxygen atoms in total. The zero-order valence-corrected chi connectivity index (χ0v) is 11.2. The van der Waals surface area contributed by atoms with Crippen molar-refractivity contribution < 1.29 is 14.6 Å². The lowest BCUT2D eigenvalue weighted by Crippen LogP contribution is -2.30. The van der Waals surface area contributed by atoms with Gasteiger partial charge in [0.2, 0.25) is 0 Å². The van der Waals surface area contributed by atoms with E-state index in [1.165, 1.54) is 0 Å². The highest BCUT2D eigenvalue weighted by Gasteiger charge is 2.14. The number of amides is 1. The molecule has 2 aromatic rings. The van der Waals surface area contributed by atoms with E-state index in [4.69, 9.17) is 4.74 Å². The SMILES string of the molecule is COc1cccc(C(=O)N[C@H](CO)c2ccccc2)c1. The number of aliphatic hydroxyl groups excluding tert-OH is 1. The minimum absolute atomic E-state index is 0.153. The monoisotopic (exact) mass is 271 g/mol. The molecule has 2 aromatic carbocycles. The van der Waals surface area contributed by atoms with Gasteiger partial charge in [-0.25, -0.2) is 0 Å². The van der Waals surface area contributed by atoms with Gasteiger partial charge in [-0.2, -0.15) is 0 Å². The molecule has 2 N–H and O–H groups in total. The van der Waals surface area contributed by atoms with Crippen LogP contribution in [0.5, 0.6) is 5.75 Å². The fourth-order valence-corrected chi connectivity index (χ4v) is 1.93. The summed E-state index contributed by atoms with van der Waals surface area (Å²) in [4.78, 5) is 12.2. The molecule has 2 rings (SSSR count). The van der Waals surface area contributed by atoms with Crippen LogP contribution in [0.2, 0.25) is 0 Å². The molecule has 0 fully saturated rings.